The first kappa shape index (κ1) is 16.0. The number of nitrogens with zero attached hydrogens (tertiary/aromatic N) is 1. The van der Waals surface area contributed by atoms with Crippen LogP contribution < -0.4 is 5.32 Å². The zero-order valence-corrected chi connectivity index (χ0v) is 13.0. The van der Waals surface area contributed by atoms with E-state index in [4.69, 9.17) is 0 Å². The quantitative estimate of drug-likeness (QED) is 0.803. The Kier molecular flexibility index (Phi) is 5.39. The Morgan fingerprint density at radius 1 is 1.21 bits per heavy atom. The second-order valence-electron chi connectivity index (χ2n) is 5.61. The van der Waals surface area contributed by atoms with Crippen LogP contribution in [-0.2, 0) is 9.59 Å². The van der Waals surface area contributed by atoms with E-state index in [0.29, 0.717) is 19.4 Å². The van der Waals surface area contributed by atoms with Gasteiger partial charge >= 0.3 is 0 Å². The molecule has 1 fully saturated rings. The molecule has 0 aromatic rings. The molecule has 0 aromatic heterocycles. The topological polar surface area (TPSA) is 49.4 Å². The minimum absolute atomic E-state index is 0.0195. The van der Waals surface area contributed by atoms with Crippen LogP contribution in [0.5, 0.6) is 0 Å². The molecular weight excluding hydrogens is 240 g/mol. The van der Waals surface area contributed by atoms with Crippen LogP contribution in [0.4, 0.5) is 0 Å². The summed E-state index contributed by atoms with van der Waals surface area (Å²) >= 11 is 0. The molecule has 0 saturated carbocycles. The maximum absolute atomic E-state index is 12.8. The highest BCUT2D eigenvalue weighted by atomic mass is 16.2. The summed E-state index contributed by atoms with van der Waals surface area (Å²) in [4.78, 5) is 27.1. The summed E-state index contributed by atoms with van der Waals surface area (Å²) in [5.74, 6) is 0.317. The number of rotatable bonds is 6. The zero-order chi connectivity index (χ0) is 14.6. The average Bonchev–Trinajstić information content (AvgIpc) is 2.42. The molecule has 19 heavy (non-hydrogen) atoms. The Bertz CT molecular complexity index is 337. The molecule has 1 saturated heterocycles. The molecule has 4 nitrogen and oxygen atoms in total. The summed E-state index contributed by atoms with van der Waals surface area (Å²) in [5, 5.41) is 3.00. The van der Waals surface area contributed by atoms with E-state index in [2.05, 4.69) is 12.2 Å². The highest BCUT2D eigenvalue weighted by Crippen LogP contribution is 2.28. The molecule has 1 aliphatic heterocycles. The second-order valence-corrected chi connectivity index (χ2v) is 5.61. The van der Waals surface area contributed by atoms with E-state index in [1.807, 2.05) is 32.6 Å². The normalized spacial score (nSPS) is 24.3. The molecule has 1 heterocycles. The highest BCUT2D eigenvalue weighted by molar-refractivity contribution is 5.99. The molecule has 0 spiro atoms. The Hall–Kier alpha value is -1.06. The maximum Gasteiger partial charge on any atom is 0.248 e. The summed E-state index contributed by atoms with van der Waals surface area (Å²) in [5.41, 5.74) is -0.684. The predicted molar refractivity (Wildman–Crippen MR) is 76.7 cm³/mol. The van der Waals surface area contributed by atoms with E-state index in [-0.39, 0.29) is 23.8 Å². The fourth-order valence-corrected chi connectivity index (χ4v) is 2.91. The van der Waals surface area contributed by atoms with Gasteiger partial charge in [-0.05, 0) is 25.2 Å². The lowest BCUT2D eigenvalue weighted by atomic mass is 9.84. The van der Waals surface area contributed by atoms with Crippen LogP contribution in [0.2, 0.25) is 0 Å². The number of hydrogen-bond acceptors (Lipinski definition) is 2. The van der Waals surface area contributed by atoms with Gasteiger partial charge in [-0.15, -0.1) is 0 Å². The van der Waals surface area contributed by atoms with Gasteiger partial charge in [0.15, 0.2) is 0 Å². The first-order valence-corrected chi connectivity index (χ1v) is 7.60. The second kappa shape index (κ2) is 6.40. The van der Waals surface area contributed by atoms with Crippen LogP contribution in [0.3, 0.4) is 0 Å². The number of carbonyl (C=O) groups excluding carboxylic acids is 2. The molecule has 110 valence electrons. The van der Waals surface area contributed by atoms with Gasteiger partial charge < -0.3 is 10.2 Å². The predicted octanol–water partition coefficient (Wildman–Crippen LogP) is 2.33. The van der Waals surface area contributed by atoms with Crippen molar-refractivity contribution in [2.75, 3.05) is 6.54 Å². The van der Waals surface area contributed by atoms with Crippen LogP contribution in [0.25, 0.3) is 0 Å². The zero-order valence-electron chi connectivity index (χ0n) is 13.0. The number of nitrogens with one attached hydrogen (secondary N) is 1. The maximum atomic E-state index is 12.8. The number of piperazine rings is 1. The van der Waals surface area contributed by atoms with E-state index in [1.165, 1.54) is 0 Å². The fraction of sp³-hybridized carbons (Fsp3) is 0.867. The van der Waals surface area contributed by atoms with Crippen LogP contribution in [-0.4, -0.2) is 34.8 Å². The first-order valence-electron chi connectivity index (χ1n) is 7.60. The highest BCUT2D eigenvalue weighted by Gasteiger charge is 2.49. The monoisotopic (exact) mass is 268 g/mol. The lowest BCUT2D eigenvalue weighted by molar-refractivity contribution is -0.157. The van der Waals surface area contributed by atoms with Crippen LogP contribution in [0.15, 0.2) is 0 Å². The van der Waals surface area contributed by atoms with Crippen molar-refractivity contribution in [1.82, 2.24) is 10.2 Å². The van der Waals surface area contributed by atoms with Gasteiger partial charge in [0, 0.05) is 6.54 Å². The van der Waals surface area contributed by atoms with E-state index in [1.54, 1.807) is 0 Å². The van der Waals surface area contributed by atoms with Crippen molar-refractivity contribution in [1.29, 1.82) is 0 Å². The van der Waals surface area contributed by atoms with Crippen LogP contribution in [0, 0.1) is 5.92 Å². The molecule has 1 N–H and O–H groups in total. The van der Waals surface area contributed by atoms with Gasteiger partial charge in [0.05, 0.1) is 0 Å². The molecule has 0 aliphatic carbocycles. The molecule has 2 atom stereocenters. The molecule has 1 aliphatic rings. The SMILES string of the molecule is CCCN1C(=O)C(CC)(CC)NC(=O)C1C(C)CC. The minimum Gasteiger partial charge on any atom is -0.340 e. The van der Waals surface area contributed by atoms with Crippen LogP contribution in [0.1, 0.15) is 60.3 Å². The number of carbonyl (C=O) groups is 2. The standard InChI is InChI=1S/C15H28N2O2/c1-6-10-17-12(11(5)7-2)13(18)16-15(8-3,9-4)14(17)19/h11-12H,6-10H2,1-5H3,(H,16,18). The summed E-state index contributed by atoms with van der Waals surface area (Å²) in [7, 11) is 0. The summed E-state index contributed by atoms with van der Waals surface area (Å²) in [6.07, 6.45) is 3.09. The van der Waals surface area contributed by atoms with Crippen molar-refractivity contribution in [3.05, 3.63) is 0 Å². The van der Waals surface area contributed by atoms with Gasteiger partial charge in [-0.1, -0.05) is 41.0 Å². The number of amides is 2. The summed E-state index contributed by atoms with van der Waals surface area (Å²) in [6, 6.07) is -0.302. The minimum atomic E-state index is -0.684. The first-order chi connectivity index (χ1) is 8.97. The Morgan fingerprint density at radius 2 is 1.79 bits per heavy atom. The van der Waals surface area contributed by atoms with Crippen molar-refractivity contribution in [3.63, 3.8) is 0 Å². The third-order valence-corrected chi connectivity index (χ3v) is 4.49. The largest absolute Gasteiger partial charge is 0.340 e. The third kappa shape index (κ3) is 2.77. The smallest absolute Gasteiger partial charge is 0.248 e. The molecule has 0 bridgehead atoms. The van der Waals surface area contributed by atoms with Gasteiger partial charge in [-0.25, -0.2) is 0 Å². The molecule has 4 heteroatoms. The molecule has 2 amide bonds. The molecular formula is C15H28N2O2. The van der Waals surface area contributed by atoms with Gasteiger partial charge in [-0.3, -0.25) is 9.59 Å². The van der Waals surface area contributed by atoms with Crippen molar-refractivity contribution < 1.29 is 9.59 Å². The van der Waals surface area contributed by atoms with Crippen LogP contribution >= 0.6 is 0 Å². The molecule has 0 radical (unpaired) electrons. The lowest BCUT2D eigenvalue weighted by Crippen LogP contribution is -2.71. The van der Waals surface area contributed by atoms with Gasteiger partial charge in [0.2, 0.25) is 11.8 Å². The van der Waals surface area contributed by atoms with Crippen molar-refractivity contribution in [2.45, 2.75) is 71.9 Å². The van der Waals surface area contributed by atoms with Gasteiger partial charge in [0.1, 0.15) is 11.6 Å². The van der Waals surface area contributed by atoms with E-state index in [9.17, 15) is 9.59 Å². The Morgan fingerprint density at radius 3 is 2.21 bits per heavy atom. The lowest BCUT2D eigenvalue weighted by Gasteiger charge is -2.47. The molecule has 2 unspecified atom stereocenters. The van der Waals surface area contributed by atoms with Crippen molar-refractivity contribution in [2.24, 2.45) is 5.92 Å². The summed E-state index contributed by atoms with van der Waals surface area (Å²) in [6.45, 7) is 10.8. The Balaban J connectivity index is 3.12. The van der Waals surface area contributed by atoms with E-state index < -0.39 is 5.54 Å². The van der Waals surface area contributed by atoms with Gasteiger partial charge in [0.25, 0.3) is 0 Å². The van der Waals surface area contributed by atoms with E-state index in [0.717, 1.165) is 12.8 Å². The number of hydrogen-bond donors (Lipinski definition) is 1. The van der Waals surface area contributed by atoms with E-state index >= 15 is 0 Å². The third-order valence-electron chi connectivity index (χ3n) is 4.49. The molecule has 1 rings (SSSR count). The molecule has 0 aromatic carbocycles. The van der Waals surface area contributed by atoms with Gasteiger partial charge in [-0.2, -0.15) is 0 Å². The van der Waals surface area contributed by atoms with Crippen molar-refractivity contribution in [3.8, 4) is 0 Å². The van der Waals surface area contributed by atoms with Crippen molar-refractivity contribution >= 4 is 11.8 Å². The summed E-state index contributed by atoms with van der Waals surface area (Å²) < 4.78 is 0. The fourth-order valence-electron chi connectivity index (χ4n) is 2.91. The Labute approximate surface area is 116 Å². The average molecular weight is 268 g/mol.